The molecule has 0 N–H and O–H groups in total. The molecule has 1 aliphatic rings. The SMILES string of the molecule is COc1ccc2c(c1)SC(C(=O)c1ccccc1)N(C)S2(=O)=O. The minimum atomic E-state index is -3.71. The third-order valence-corrected chi connectivity index (χ3v) is 7.15. The Morgan fingerprint density at radius 2 is 1.87 bits per heavy atom. The fourth-order valence-corrected chi connectivity index (χ4v) is 5.50. The highest BCUT2D eigenvalue weighted by atomic mass is 32.2. The molecule has 2 aromatic carbocycles. The first-order valence-corrected chi connectivity index (χ1v) is 9.19. The molecule has 1 heterocycles. The molecule has 7 heteroatoms. The second kappa shape index (κ2) is 5.99. The van der Waals surface area contributed by atoms with Crippen molar-refractivity contribution < 1.29 is 17.9 Å². The number of benzene rings is 2. The van der Waals surface area contributed by atoms with Gasteiger partial charge in [0.25, 0.3) is 0 Å². The number of carbonyl (C=O) groups excluding carboxylic acids is 1. The van der Waals surface area contributed by atoms with E-state index in [9.17, 15) is 13.2 Å². The topological polar surface area (TPSA) is 63.7 Å². The molecule has 0 aromatic heterocycles. The van der Waals surface area contributed by atoms with E-state index in [0.29, 0.717) is 16.2 Å². The molecule has 0 spiro atoms. The van der Waals surface area contributed by atoms with Gasteiger partial charge >= 0.3 is 0 Å². The minimum Gasteiger partial charge on any atom is -0.497 e. The number of hydrogen-bond donors (Lipinski definition) is 0. The molecule has 0 amide bonds. The van der Waals surface area contributed by atoms with Crippen LogP contribution in [0.2, 0.25) is 0 Å². The molecule has 1 aliphatic heterocycles. The summed E-state index contributed by atoms with van der Waals surface area (Å²) in [6.07, 6.45) is 0. The number of nitrogens with zero attached hydrogens (tertiary/aromatic N) is 1. The summed E-state index contributed by atoms with van der Waals surface area (Å²) in [4.78, 5) is 13.4. The van der Waals surface area contributed by atoms with Gasteiger partial charge < -0.3 is 4.74 Å². The van der Waals surface area contributed by atoms with Gasteiger partial charge in [0.05, 0.1) is 12.0 Å². The van der Waals surface area contributed by atoms with Crippen LogP contribution in [0.3, 0.4) is 0 Å². The monoisotopic (exact) mass is 349 g/mol. The smallest absolute Gasteiger partial charge is 0.245 e. The van der Waals surface area contributed by atoms with E-state index in [1.165, 1.54) is 32.0 Å². The van der Waals surface area contributed by atoms with Gasteiger partial charge in [0, 0.05) is 17.5 Å². The average Bonchev–Trinajstić information content (AvgIpc) is 2.58. The molecule has 0 saturated carbocycles. The van der Waals surface area contributed by atoms with Crippen LogP contribution in [0, 0.1) is 0 Å². The summed E-state index contributed by atoms with van der Waals surface area (Å²) < 4.78 is 31.6. The normalized spacial score (nSPS) is 19.8. The largest absolute Gasteiger partial charge is 0.497 e. The Labute approximate surface area is 139 Å². The van der Waals surface area contributed by atoms with Crippen molar-refractivity contribution >= 4 is 27.6 Å². The molecule has 1 atom stereocenters. The summed E-state index contributed by atoms with van der Waals surface area (Å²) in [5.74, 6) is 0.317. The summed E-state index contributed by atoms with van der Waals surface area (Å²) >= 11 is 1.22. The van der Waals surface area contributed by atoms with Gasteiger partial charge in [0.15, 0.2) is 5.78 Å². The van der Waals surface area contributed by atoms with E-state index in [1.807, 2.05) is 6.07 Å². The molecule has 0 radical (unpaired) electrons. The predicted octanol–water partition coefficient (Wildman–Crippen LogP) is 2.63. The lowest BCUT2D eigenvalue weighted by molar-refractivity contribution is 0.0955. The van der Waals surface area contributed by atoms with Crippen molar-refractivity contribution in [2.24, 2.45) is 0 Å². The molecule has 3 rings (SSSR count). The van der Waals surface area contributed by atoms with Crippen molar-refractivity contribution in [1.82, 2.24) is 4.31 Å². The first-order chi connectivity index (χ1) is 10.9. The number of methoxy groups -OCH3 is 1. The summed E-state index contributed by atoms with van der Waals surface area (Å²) in [7, 11) is -0.764. The quantitative estimate of drug-likeness (QED) is 0.797. The average molecular weight is 349 g/mol. The number of fused-ring (bicyclic) bond motifs is 1. The van der Waals surface area contributed by atoms with Gasteiger partial charge in [-0.05, 0) is 18.2 Å². The number of carbonyl (C=O) groups is 1. The Kier molecular flexibility index (Phi) is 4.18. The number of rotatable bonds is 3. The van der Waals surface area contributed by atoms with Crippen LogP contribution in [0.5, 0.6) is 5.75 Å². The molecule has 0 aliphatic carbocycles. The Hall–Kier alpha value is -1.83. The van der Waals surface area contributed by atoms with Crippen LogP contribution in [0.1, 0.15) is 10.4 Å². The van der Waals surface area contributed by atoms with Crippen LogP contribution in [-0.2, 0) is 10.0 Å². The van der Waals surface area contributed by atoms with Crippen LogP contribution in [0.15, 0.2) is 58.3 Å². The van der Waals surface area contributed by atoms with E-state index in [1.54, 1.807) is 36.4 Å². The second-order valence-electron chi connectivity index (χ2n) is 5.03. The molecular weight excluding hydrogens is 334 g/mol. The predicted molar refractivity (Wildman–Crippen MR) is 88.4 cm³/mol. The minimum absolute atomic E-state index is 0.197. The maximum absolute atomic E-state index is 12.7. The van der Waals surface area contributed by atoms with Crippen molar-refractivity contribution in [3.63, 3.8) is 0 Å². The third-order valence-electron chi connectivity index (χ3n) is 3.66. The van der Waals surface area contributed by atoms with Gasteiger partial charge in [-0.3, -0.25) is 4.79 Å². The number of hydrogen-bond acceptors (Lipinski definition) is 5. The second-order valence-corrected chi connectivity index (χ2v) is 8.12. The summed E-state index contributed by atoms with van der Waals surface area (Å²) in [6, 6.07) is 13.5. The van der Waals surface area contributed by atoms with Crippen LogP contribution >= 0.6 is 11.8 Å². The van der Waals surface area contributed by atoms with Crippen LogP contribution in [0.25, 0.3) is 0 Å². The molecule has 120 valence electrons. The molecule has 0 fully saturated rings. The molecule has 23 heavy (non-hydrogen) atoms. The molecule has 0 saturated heterocycles. The molecule has 2 aromatic rings. The highest BCUT2D eigenvalue weighted by molar-refractivity contribution is 8.03. The zero-order valence-corrected chi connectivity index (χ0v) is 14.2. The number of sulfonamides is 1. The zero-order chi connectivity index (χ0) is 16.6. The molecule has 0 bridgehead atoms. The van der Waals surface area contributed by atoms with Gasteiger partial charge in [0.2, 0.25) is 10.0 Å². The van der Waals surface area contributed by atoms with Crippen molar-refractivity contribution in [2.45, 2.75) is 15.2 Å². The van der Waals surface area contributed by atoms with E-state index in [-0.39, 0.29) is 10.7 Å². The summed E-state index contributed by atoms with van der Waals surface area (Å²) in [6.45, 7) is 0. The number of Topliss-reactive ketones (excluding diaryl/α,β-unsaturated/α-hetero) is 1. The summed E-state index contributed by atoms with van der Waals surface area (Å²) in [5, 5.41) is -0.831. The lowest BCUT2D eigenvalue weighted by Gasteiger charge is -2.31. The van der Waals surface area contributed by atoms with E-state index in [0.717, 1.165) is 4.31 Å². The lowest BCUT2D eigenvalue weighted by atomic mass is 10.1. The van der Waals surface area contributed by atoms with E-state index in [2.05, 4.69) is 0 Å². The Morgan fingerprint density at radius 3 is 2.52 bits per heavy atom. The van der Waals surface area contributed by atoms with E-state index >= 15 is 0 Å². The van der Waals surface area contributed by atoms with Crippen molar-refractivity contribution in [1.29, 1.82) is 0 Å². The third kappa shape index (κ3) is 2.75. The maximum Gasteiger partial charge on any atom is 0.245 e. The Balaban J connectivity index is 2.06. The van der Waals surface area contributed by atoms with Crippen LogP contribution < -0.4 is 4.74 Å². The number of ketones is 1. The van der Waals surface area contributed by atoms with Crippen LogP contribution in [-0.4, -0.2) is 38.0 Å². The van der Waals surface area contributed by atoms with Gasteiger partial charge in [-0.1, -0.05) is 42.1 Å². The van der Waals surface area contributed by atoms with E-state index in [4.69, 9.17) is 4.74 Å². The fraction of sp³-hybridized carbons (Fsp3) is 0.188. The van der Waals surface area contributed by atoms with Crippen LogP contribution in [0.4, 0.5) is 0 Å². The number of likely N-dealkylation sites (N-methyl/N-ethyl adjacent to an activating group) is 1. The first-order valence-electron chi connectivity index (χ1n) is 6.87. The molecule has 5 nitrogen and oxygen atoms in total. The highest BCUT2D eigenvalue weighted by Gasteiger charge is 2.40. The summed E-state index contributed by atoms with van der Waals surface area (Å²) in [5.41, 5.74) is 0.485. The maximum atomic E-state index is 12.7. The Morgan fingerprint density at radius 1 is 1.17 bits per heavy atom. The van der Waals surface area contributed by atoms with Gasteiger partial charge in [-0.2, -0.15) is 4.31 Å². The first kappa shape index (κ1) is 16.0. The standard InChI is InChI=1S/C16H15NO4S2/c1-17-16(15(18)11-6-4-3-5-7-11)22-13-10-12(21-2)8-9-14(13)23(17,19)20/h3-10,16H,1-2H3. The Bertz CT molecular complexity index is 850. The highest BCUT2D eigenvalue weighted by Crippen LogP contribution is 2.42. The zero-order valence-electron chi connectivity index (χ0n) is 12.6. The van der Waals surface area contributed by atoms with Crippen molar-refractivity contribution in [2.75, 3.05) is 14.2 Å². The number of ether oxygens (including phenoxy) is 1. The van der Waals surface area contributed by atoms with Gasteiger partial charge in [0.1, 0.15) is 11.1 Å². The number of thioether (sulfide) groups is 1. The fourth-order valence-electron chi connectivity index (χ4n) is 2.36. The van der Waals surface area contributed by atoms with Gasteiger partial charge in [-0.15, -0.1) is 0 Å². The molecular formula is C16H15NO4S2. The molecule has 1 unspecified atom stereocenters. The van der Waals surface area contributed by atoms with E-state index < -0.39 is 15.4 Å². The lowest BCUT2D eigenvalue weighted by Crippen LogP contribution is -2.42. The van der Waals surface area contributed by atoms with Crippen molar-refractivity contribution in [3.05, 3.63) is 54.1 Å². The van der Waals surface area contributed by atoms with Crippen molar-refractivity contribution in [3.8, 4) is 5.75 Å². The van der Waals surface area contributed by atoms with Gasteiger partial charge in [-0.25, -0.2) is 8.42 Å².